The minimum absolute atomic E-state index is 0.0979. The molecule has 0 saturated heterocycles. The number of nitrogens with one attached hydrogen (secondary N) is 1. The molecule has 0 aliphatic heterocycles. The molecule has 1 aliphatic rings. The highest BCUT2D eigenvalue weighted by molar-refractivity contribution is 7.87. The van der Waals surface area contributed by atoms with Gasteiger partial charge in [-0.15, -0.1) is 0 Å². The van der Waals surface area contributed by atoms with Crippen LogP contribution in [0.15, 0.2) is 53.4 Å². The van der Waals surface area contributed by atoms with E-state index in [1.807, 2.05) is 6.92 Å². The highest BCUT2D eigenvalue weighted by Crippen LogP contribution is 2.29. The summed E-state index contributed by atoms with van der Waals surface area (Å²) in [7, 11) is -4.03. The van der Waals surface area contributed by atoms with Gasteiger partial charge >= 0.3 is 16.1 Å². The first kappa shape index (κ1) is 19.2. The maximum atomic E-state index is 12.9. The Balaban J connectivity index is 1.67. The van der Waals surface area contributed by atoms with E-state index in [9.17, 15) is 17.6 Å². The Morgan fingerprint density at radius 3 is 2.33 bits per heavy atom. The second kappa shape index (κ2) is 7.96. The number of amides is 2. The van der Waals surface area contributed by atoms with E-state index in [4.69, 9.17) is 4.18 Å². The number of carbonyl (C=O) groups is 1. The third kappa shape index (κ3) is 4.97. The van der Waals surface area contributed by atoms with Gasteiger partial charge in [0.25, 0.3) is 0 Å². The molecule has 27 heavy (non-hydrogen) atoms. The van der Waals surface area contributed by atoms with Crippen molar-refractivity contribution in [1.29, 1.82) is 0 Å². The fourth-order valence-corrected chi connectivity index (χ4v) is 3.56. The van der Waals surface area contributed by atoms with Gasteiger partial charge in [0, 0.05) is 19.1 Å². The van der Waals surface area contributed by atoms with Gasteiger partial charge in [0.1, 0.15) is 16.5 Å². The maximum Gasteiger partial charge on any atom is 0.339 e. The number of urea groups is 1. The summed E-state index contributed by atoms with van der Waals surface area (Å²) < 4.78 is 42.5. The predicted molar refractivity (Wildman–Crippen MR) is 98.3 cm³/mol. The molecule has 2 aromatic rings. The molecule has 6 nitrogen and oxygen atoms in total. The standard InChI is InChI=1S/C19H21FN2O4S/c1-2-21-19(23)22(16-7-8-16)13-14-3-9-17(10-4-14)26-27(24,25)18-11-5-15(20)6-12-18/h3-6,9-12,16H,2,7-8,13H2,1H3,(H,21,23). The second-order valence-corrected chi connectivity index (χ2v) is 7.88. The smallest absolute Gasteiger partial charge is 0.339 e. The van der Waals surface area contributed by atoms with Crippen molar-refractivity contribution >= 4 is 16.1 Å². The molecule has 0 aromatic heterocycles. The van der Waals surface area contributed by atoms with E-state index in [1.165, 1.54) is 0 Å². The Bertz CT molecular complexity index is 894. The molecule has 1 saturated carbocycles. The number of rotatable bonds is 7. The number of nitrogens with zero attached hydrogens (tertiary/aromatic N) is 1. The van der Waals surface area contributed by atoms with E-state index in [2.05, 4.69) is 5.32 Å². The summed E-state index contributed by atoms with van der Waals surface area (Å²) >= 11 is 0. The lowest BCUT2D eigenvalue weighted by molar-refractivity contribution is 0.192. The molecule has 2 amide bonds. The minimum atomic E-state index is -4.03. The van der Waals surface area contributed by atoms with Crippen LogP contribution in [0.4, 0.5) is 9.18 Å². The van der Waals surface area contributed by atoms with E-state index < -0.39 is 15.9 Å². The molecular formula is C19H21FN2O4S. The van der Waals surface area contributed by atoms with Crippen LogP contribution in [0.25, 0.3) is 0 Å². The first-order chi connectivity index (χ1) is 12.9. The Hall–Kier alpha value is -2.61. The number of hydrogen-bond acceptors (Lipinski definition) is 4. The van der Waals surface area contributed by atoms with Crippen LogP contribution in [0.5, 0.6) is 5.75 Å². The van der Waals surface area contributed by atoms with Crippen LogP contribution in [-0.2, 0) is 16.7 Å². The third-order valence-corrected chi connectivity index (χ3v) is 5.42. The molecule has 0 radical (unpaired) electrons. The number of halogens is 1. The first-order valence-electron chi connectivity index (χ1n) is 8.72. The highest BCUT2D eigenvalue weighted by atomic mass is 32.2. The largest absolute Gasteiger partial charge is 0.379 e. The summed E-state index contributed by atoms with van der Waals surface area (Å²) in [5.74, 6) is -0.371. The van der Waals surface area contributed by atoms with E-state index >= 15 is 0 Å². The summed E-state index contributed by atoms with van der Waals surface area (Å²) in [5, 5.41) is 2.81. The van der Waals surface area contributed by atoms with Crippen LogP contribution in [-0.4, -0.2) is 31.9 Å². The van der Waals surface area contributed by atoms with Crippen LogP contribution >= 0.6 is 0 Å². The molecule has 2 aromatic carbocycles. The average molecular weight is 392 g/mol. The van der Waals surface area contributed by atoms with Crippen LogP contribution in [0, 0.1) is 5.82 Å². The van der Waals surface area contributed by atoms with Crippen molar-refractivity contribution in [3.63, 3.8) is 0 Å². The van der Waals surface area contributed by atoms with Crippen molar-refractivity contribution in [2.75, 3.05) is 6.54 Å². The van der Waals surface area contributed by atoms with Gasteiger partial charge in [-0.2, -0.15) is 8.42 Å². The third-order valence-electron chi connectivity index (χ3n) is 4.16. The lowest BCUT2D eigenvalue weighted by Crippen LogP contribution is -2.40. The van der Waals surface area contributed by atoms with E-state index in [-0.39, 0.29) is 22.7 Å². The quantitative estimate of drug-likeness (QED) is 0.734. The maximum absolute atomic E-state index is 12.9. The molecule has 0 unspecified atom stereocenters. The van der Waals surface area contributed by atoms with Crippen LogP contribution in [0.1, 0.15) is 25.3 Å². The van der Waals surface area contributed by atoms with Gasteiger partial charge < -0.3 is 14.4 Å². The summed E-state index contributed by atoms with van der Waals surface area (Å²) in [5.41, 5.74) is 0.875. The van der Waals surface area contributed by atoms with E-state index in [0.717, 1.165) is 42.7 Å². The molecule has 1 N–H and O–H groups in total. The van der Waals surface area contributed by atoms with E-state index in [0.29, 0.717) is 13.1 Å². The summed E-state index contributed by atoms with van der Waals surface area (Å²) in [6.45, 7) is 2.88. The summed E-state index contributed by atoms with van der Waals surface area (Å²) in [6, 6.07) is 11.1. The van der Waals surface area contributed by atoms with Gasteiger partial charge in [0.2, 0.25) is 0 Å². The molecule has 0 heterocycles. The van der Waals surface area contributed by atoms with Gasteiger partial charge in [0.05, 0.1) is 0 Å². The summed E-state index contributed by atoms with van der Waals surface area (Å²) in [4.78, 5) is 13.8. The number of carbonyl (C=O) groups excluding carboxylic acids is 1. The Labute approximate surface area is 158 Å². The van der Waals surface area contributed by atoms with Crippen molar-refractivity contribution in [2.24, 2.45) is 0 Å². The first-order valence-corrected chi connectivity index (χ1v) is 10.1. The molecule has 144 valence electrons. The predicted octanol–water partition coefficient (Wildman–Crippen LogP) is 3.29. The molecule has 3 rings (SSSR count). The SMILES string of the molecule is CCNC(=O)N(Cc1ccc(OS(=O)(=O)c2ccc(F)cc2)cc1)C1CC1. The molecule has 1 fully saturated rings. The zero-order chi connectivity index (χ0) is 19.4. The Morgan fingerprint density at radius 2 is 1.78 bits per heavy atom. The van der Waals surface area contributed by atoms with Crippen molar-refractivity contribution in [1.82, 2.24) is 10.2 Å². The molecule has 0 atom stereocenters. The second-order valence-electron chi connectivity index (χ2n) is 6.33. The lowest BCUT2D eigenvalue weighted by Gasteiger charge is -2.22. The topological polar surface area (TPSA) is 75.7 Å². The monoisotopic (exact) mass is 392 g/mol. The van der Waals surface area contributed by atoms with Gasteiger partial charge in [-0.3, -0.25) is 0 Å². The Morgan fingerprint density at radius 1 is 1.15 bits per heavy atom. The molecule has 0 bridgehead atoms. The van der Waals surface area contributed by atoms with Crippen LogP contribution in [0.3, 0.4) is 0 Å². The zero-order valence-corrected chi connectivity index (χ0v) is 15.7. The summed E-state index contributed by atoms with van der Waals surface area (Å²) in [6.07, 6.45) is 1.99. The van der Waals surface area contributed by atoms with Crippen molar-refractivity contribution < 1.29 is 21.8 Å². The fourth-order valence-electron chi connectivity index (χ4n) is 2.63. The zero-order valence-electron chi connectivity index (χ0n) is 14.9. The van der Waals surface area contributed by atoms with Crippen molar-refractivity contribution in [3.05, 3.63) is 59.9 Å². The molecule has 0 spiro atoms. The van der Waals surface area contributed by atoms with Crippen LogP contribution < -0.4 is 9.50 Å². The van der Waals surface area contributed by atoms with Gasteiger partial charge in [0.15, 0.2) is 0 Å². The molecule has 1 aliphatic carbocycles. The van der Waals surface area contributed by atoms with Gasteiger partial charge in [-0.05, 0) is 61.7 Å². The van der Waals surface area contributed by atoms with E-state index in [1.54, 1.807) is 29.2 Å². The normalized spacial score (nSPS) is 13.9. The van der Waals surface area contributed by atoms with Gasteiger partial charge in [-0.1, -0.05) is 12.1 Å². The molecule has 8 heteroatoms. The Kier molecular flexibility index (Phi) is 5.65. The van der Waals surface area contributed by atoms with Crippen molar-refractivity contribution in [3.8, 4) is 5.75 Å². The highest BCUT2D eigenvalue weighted by Gasteiger charge is 2.32. The van der Waals surface area contributed by atoms with Crippen molar-refractivity contribution in [2.45, 2.75) is 37.2 Å². The fraction of sp³-hybridized carbons (Fsp3) is 0.316. The van der Waals surface area contributed by atoms with Crippen LogP contribution in [0.2, 0.25) is 0 Å². The minimum Gasteiger partial charge on any atom is -0.379 e. The number of hydrogen-bond donors (Lipinski definition) is 1. The lowest BCUT2D eigenvalue weighted by atomic mass is 10.2. The number of benzene rings is 2. The molecular weight excluding hydrogens is 371 g/mol. The average Bonchev–Trinajstić information content (AvgIpc) is 3.46. The van der Waals surface area contributed by atoms with Gasteiger partial charge in [-0.25, -0.2) is 9.18 Å².